The lowest BCUT2D eigenvalue weighted by atomic mass is 10.2. The first-order valence-electron chi connectivity index (χ1n) is 4.48. The molecular weight excluding hydrogens is 356 g/mol. The summed E-state index contributed by atoms with van der Waals surface area (Å²) in [7, 11) is 2.85. The summed E-state index contributed by atoms with van der Waals surface area (Å²) in [6.07, 6.45) is 0.874. The number of methoxy groups -OCH3 is 2. The maximum absolute atomic E-state index is 10.8. The van der Waals surface area contributed by atoms with Gasteiger partial charge in [-0.1, -0.05) is 0 Å². The van der Waals surface area contributed by atoms with Gasteiger partial charge in [0, 0.05) is 0 Å². The van der Waals surface area contributed by atoms with E-state index in [1.807, 2.05) is 12.1 Å². The number of ether oxygens (including phenoxy) is 2. The number of hydrogen-bond acceptors (Lipinski definition) is 4. The van der Waals surface area contributed by atoms with Crippen molar-refractivity contribution >= 4 is 44.2 Å². The van der Waals surface area contributed by atoms with Crippen LogP contribution in [0.4, 0.5) is 4.79 Å². The van der Waals surface area contributed by atoms with Crippen LogP contribution in [0.1, 0.15) is 5.56 Å². The highest BCUT2D eigenvalue weighted by Gasteiger charge is 2.06. The molecule has 0 radical (unpaired) electrons. The number of benzene rings is 1. The SMILES string of the molecule is COC(=O)N/N=C\c1cc(Br)c(OC)c(Br)c1. The molecule has 1 amide bonds. The van der Waals surface area contributed by atoms with Gasteiger partial charge in [0.2, 0.25) is 0 Å². The third-order valence-electron chi connectivity index (χ3n) is 1.78. The van der Waals surface area contributed by atoms with Crippen LogP contribution in [0, 0.1) is 0 Å². The molecule has 1 rings (SSSR count). The second-order valence-electron chi connectivity index (χ2n) is 2.88. The summed E-state index contributed by atoms with van der Waals surface area (Å²) in [5, 5.41) is 3.72. The van der Waals surface area contributed by atoms with Crippen molar-refractivity contribution in [2.75, 3.05) is 14.2 Å². The van der Waals surface area contributed by atoms with E-state index in [4.69, 9.17) is 4.74 Å². The highest BCUT2D eigenvalue weighted by atomic mass is 79.9. The monoisotopic (exact) mass is 364 g/mol. The topological polar surface area (TPSA) is 59.9 Å². The quantitative estimate of drug-likeness (QED) is 0.661. The largest absolute Gasteiger partial charge is 0.494 e. The van der Waals surface area contributed by atoms with E-state index >= 15 is 0 Å². The standard InChI is InChI=1S/C10H10Br2N2O3/c1-16-9-7(11)3-6(4-8(9)12)5-13-14-10(15)17-2/h3-5H,1-2H3,(H,14,15)/b13-5-. The van der Waals surface area contributed by atoms with E-state index in [0.29, 0.717) is 5.75 Å². The van der Waals surface area contributed by atoms with Gasteiger partial charge in [-0.3, -0.25) is 0 Å². The number of hydrogen-bond donors (Lipinski definition) is 1. The minimum atomic E-state index is -0.618. The molecule has 0 spiro atoms. The summed E-state index contributed by atoms with van der Waals surface area (Å²) in [6, 6.07) is 3.62. The second kappa shape index (κ2) is 6.61. The highest BCUT2D eigenvalue weighted by molar-refractivity contribution is 9.11. The van der Waals surface area contributed by atoms with Crippen LogP contribution in [-0.2, 0) is 4.74 Å². The molecule has 17 heavy (non-hydrogen) atoms. The average Bonchev–Trinajstić information content (AvgIpc) is 2.28. The van der Waals surface area contributed by atoms with Crippen LogP contribution in [0.3, 0.4) is 0 Å². The first-order chi connectivity index (χ1) is 8.08. The Morgan fingerprint density at radius 2 is 1.94 bits per heavy atom. The molecule has 0 unspecified atom stereocenters. The summed E-state index contributed by atoms with van der Waals surface area (Å²) >= 11 is 6.73. The smallest absolute Gasteiger partial charge is 0.427 e. The van der Waals surface area contributed by atoms with Crippen molar-refractivity contribution in [1.82, 2.24) is 5.43 Å². The molecule has 0 aliphatic carbocycles. The van der Waals surface area contributed by atoms with E-state index in [9.17, 15) is 4.79 Å². The van der Waals surface area contributed by atoms with Crippen LogP contribution in [-0.4, -0.2) is 26.5 Å². The predicted molar refractivity (Wildman–Crippen MR) is 71.5 cm³/mol. The molecular formula is C10H10Br2N2O3. The Balaban J connectivity index is 2.83. The van der Waals surface area contributed by atoms with Gasteiger partial charge in [-0.15, -0.1) is 0 Å². The number of nitrogens with one attached hydrogen (secondary N) is 1. The van der Waals surface area contributed by atoms with Gasteiger partial charge in [0.25, 0.3) is 0 Å². The van der Waals surface area contributed by atoms with Gasteiger partial charge >= 0.3 is 6.09 Å². The van der Waals surface area contributed by atoms with E-state index in [1.54, 1.807) is 7.11 Å². The van der Waals surface area contributed by atoms with Gasteiger partial charge in [0.05, 0.1) is 29.4 Å². The Kier molecular flexibility index (Phi) is 5.43. The van der Waals surface area contributed by atoms with Gasteiger partial charge in [-0.05, 0) is 49.6 Å². The molecule has 0 aromatic heterocycles. The summed E-state index contributed by atoms with van der Waals surface area (Å²) < 4.78 is 11.1. The maximum Gasteiger partial charge on any atom is 0.427 e. The molecule has 1 aromatic rings. The van der Waals surface area contributed by atoms with Crippen LogP contribution in [0.2, 0.25) is 0 Å². The molecule has 0 aliphatic heterocycles. The third kappa shape index (κ3) is 4.01. The Morgan fingerprint density at radius 3 is 2.41 bits per heavy atom. The number of rotatable bonds is 3. The van der Waals surface area contributed by atoms with Gasteiger partial charge in [-0.25, -0.2) is 10.2 Å². The van der Waals surface area contributed by atoms with Crippen molar-refractivity contribution < 1.29 is 14.3 Å². The summed E-state index contributed by atoms with van der Waals surface area (Å²) in [5.74, 6) is 0.697. The van der Waals surface area contributed by atoms with Gasteiger partial charge < -0.3 is 9.47 Å². The summed E-state index contributed by atoms with van der Waals surface area (Å²) in [5.41, 5.74) is 2.99. The highest BCUT2D eigenvalue weighted by Crippen LogP contribution is 2.33. The van der Waals surface area contributed by atoms with Crippen LogP contribution < -0.4 is 10.2 Å². The molecule has 0 saturated carbocycles. The second-order valence-corrected chi connectivity index (χ2v) is 4.59. The molecule has 1 aromatic carbocycles. The Hall–Kier alpha value is -1.08. The average molecular weight is 366 g/mol. The number of halogens is 2. The van der Waals surface area contributed by atoms with E-state index in [1.165, 1.54) is 13.3 Å². The first kappa shape index (κ1) is 14.0. The molecule has 0 bridgehead atoms. The minimum absolute atomic E-state index is 0.618. The molecule has 7 heteroatoms. The normalized spacial score (nSPS) is 10.4. The zero-order valence-corrected chi connectivity index (χ0v) is 12.3. The van der Waals surface area contributed by atoms with Crippen molar-refractivity contribution in [3.63, 3.8) is 0 Å². The summed E-state index contributed by atoms with van der Waals surface area (Å²) in [6.45, 7) is 0. The van der Waals surface area contributed by atoms with Gasteiger partial charge in [0.15, 0.2) is 0 Å². The number of hydrazone groups is 1. The van der Waals surface area contributed by atoms with Crippen LogP contribution in [0.15, 0.2) is 26.2 Å². The van der Waals surface area contributed by atoms with Crippen LogP contribution in [0.5, 0.6) is 5.75 Å². The Morgan fingerprint density at radius 1 is 1.35 bits per heavy atom. The van der Waals surface area contributed by atoms with E-state index < -0.39 is 6.09 Å². The molecule has 0 aliphatic rings. The molecule has 0 atom stereocenters. The number of amides is 1. The minimum Gasteiger partial charge on any atom is -0.494 e. The van der Waals surface area contributed by atoms with Crippen molar-refractivity contribution in [1.29, 1.82) is 0 Å². The van der Waals surface area contributed by atoms with E-state index in [-0.39, 0.29) is 0 Å². The molecule has 0 saturated heterocycles. The lowest BCUT2D eigenvalue weighted by molar-refractivity contribution is 0.171. The van der Waals surface area contributed by atoms with E-state index in [2.05, 4.69) is 47.1 Å². The molecule has 0 fully saturated rings. The van der Waals surface area contributed by atoms with Gasteiger partial charge in [-0.2, -0.15) is 5.10 Å². The maximum atomic E-state index is 10.8. The molecule has 0 heterocycles. The Bertz CT molecular complexity index is 426. The van der Waals surface area contributed by atoms with Crippen LogP contribution in [0.25, 0.3) is 0 Å². The predicted octanol–water partition coefficient (Wildman–Crippen LogP) is 2.91. The first-order valence-corrected chi connectivity index (χ1v) is 6.07. The lowest BCUT2D eigenvalue weighted by Crippen LogP contribution is -2.16. The zero-order chi connectivity index (χ0) is 12.8. The van der Waals surface area contributed by atoms with Crippen molar-refractivity contribution in [3.05, 3.63) is 26.6 Å². The zero-order valence-electron chi connectivity index (χ0n) is 9.16. The van der Waals surface area contributed by atoms with Gasteiger partial charge in [0.1, 0.15) is 5.75 Å². The number of carbonyl (C=O) groups excluding carboxylic acids is 1. The number of nitrogens with zero attached hydrogens (tertiary/aromatic N) is 1. The van der Waals surface area contributed by atoms with Crippen LogP contribution >= 0.6 is 31.9 Å². The fourth-order valence-corrected chi connectivity index (χ4v) is 2.60. The third-order valence-corrected chi connectivity index (χ3v) is 2.96. The van der Waals surface area contributed by atoms with Crippen molar-refractivity contribution in [2.45, 2.75) is 0 Å². The molecule has 5 nitrogen and oxygen atoms in total. The fourth-order valence-electron chi connectivity index (χ4n) is 1.05. The van der Waals surface area contributed by atoms with Crippen molar-refractivity contribution in [3.8, 4) is 5.75 Å². The van der Waals surface area contributed by atoms with E-state index in [0.717, 1.165) is 14.5 Å². The molecule has 92 valence electrons. The Labute approximate surface area is 115 Å². The van der Waals surface area contributed by atoms with Crippen molar-refractivity contribution in [2.24, 2.45) is 5.10 Å². The number of carbonyl (C=O) groups is 1. The lowest BCUT2D eigenvalue weighted by Gasteiger charge is -2.06. The molecule has 1 N–H and O–H groups in total. The fraction of sp³-hybridized carbons (Fsp3) is 0.200. The summed E-state index contributed by atoms with van der Waals surface area (Å²) in [4.78, 5) is 10.8.